The van der Waals surface area contributed by atoms with Gasteiger partial charge in [-0.15, -0.1) is 0 Å². The quantitative estimate of drug-likeness (QED) is 0.215. The first kappa shape index (κ1) is 22.7. The molecule has 0 bridgehead atoms. The molecule has 0 unspecified atom stereocenters. The fourth-order valence-corrected chi connectivity index (χ4v) is 5.07. The molecule has 0 atom stereocenters. The van der Waals surface area contributed by atoms with Gasteiger partial charge in [-0.3, -0.25) is 9.59 Å². The van der Waals surface area contributed by atoms with Gasteiger partial charge in [-0.25, -0.2) is 9.97 Å². The van der Waals surface area contributed by atoms with E-state index in [1.54, 1.807) is 12.1 Å². The fraction of sp³-hybridized carbons (Fsp3) is 0.0667. The first-order chi connectivity index (χ1) is 18.9. The van der Waals surface area contributed by atoms with Crippen LogP contribution in [0.5, 0.6) is 5.75 Å². The Hall–Kier alpha value is -5.44. The predicted octanol–water partition coefficient (Wildman–Crippen LogP) is 5.71. The number of H-pyrrole nitrogens is 2. The van der Waals surface area contributed by atoms with Crippen molar-refractivity contribution in [1.29, 1.82) is 0 Å². The largest absolute Gasteiger partial charge is 0.507 e. The molecule has 0 spiro atoms. The maximum atomic E-state index is 13.1. The van der Waals surface area contributed by atoms with Crippen molar-refractivity contribution in [3.8, 4) is 39.8 Å². The topological polar surface area (TPSA) is 145 Å². The van der Waals surface area contributed by atoms with Gasteiger partial charge in [-0.1, -0.05) is 24.3 Å². The zero-order chi connectivity index (χ0) is 26.7. The van der Waals surface area contributed by atoms with Gasteiger partial charge in [0.05, 0.1) is 33.2 Å². The summed E-state index contributed by atoms with van der Waals surface area (Å²) in [6.45, 7) is 0. The minimum atomic E-state index is -0.952. The van der Waals surface area contributed by atoms with Gasteiger partial charge in [0.15, 0.2) is 5.43 Å². The minimum Gasteiger partial charge on any atom is -0.507 e. The molecule has 3 heterocycles. The van der Waals surface area contributed by atoms with Crippen LogP contribution in [0.4, 0.5) is 0 Å². The van der Waals surface area contributed by atoms with Crippen molar-refractivity contribution < 1.29 is 19.4 Å². The first-order valence-electron chi connectivity index (χ1n) is 12.3. The lowest BCUT2D eigenvalue weighted by Gasteiger charge is -2.16. The van der Waals surface area contributed by atoms with Crippen molar-refractivity contribution in [2.45, 2.75) is 12.8 Å². The summed E-state index contributed by atoms with van der Waals surface area (Å²) in [6.07, 6.45) is 0.0506. The summed E-state index contributed by atoms with van der Waals surface area (Å²) in [5.41, 5.74) is 5.21. The Morgan fingerprint density at radius 3 is 2.10 bits per heavy atom. The summed E-state index contributed by atoms with van der Waals surface area (Å²) in [5.74, 6) is 0.170. The number of phenols is 1. The lowest BCUT2D eigenvalue weighted by molar-refractivity contribution is -0.136. The Morgan fingerprint density at radius 2 is 1.46 bits per heavy atom. The molecule has 1 aliphatic heterocycles. The van der Waals surface area contributed by atoms with E-state index in [2.05, 4.69) is 19.9 Å². The SMILES string of the molecule is O=C(O)CCc1c2cc(-c3nc4ccccc4[nH]3)c(=O)cc-2oc2cc(O)c(-c3nc4ccccc4[nH]3)cc12. The summed E-state index contributed by atoms with van der Waals surface area (Å²) >= 11 is 0. The van der Waals surface area contributed by atoms with Gasteiger partial charge in [0.1, 0.15) is 28.7 Å². The van der Waals surface area contributed by atoms with E-state index in [4.69, 9.17) is 4.42 Å². The monoisotopic (exact) mass is 516 g/mol. The molecule has 3 aromatic carbocycles. The van der Waals surface area contributed by atoms with E-state index in [1.165, 1.54) is 12.1 Å². The third kappa shape index (κ3) is 3.79. The number of phenolic OH excluding ortho intramolecular Hbond substituents is 1. The van der Waals surface area contributed by atoms with E-state index >= 15 is 0 Å². The van der Waals surface area contributed by atoms with Crippen LogP contribution in [0.25, 0.3) is 67.1 Å². The van der Waals surface area contributed by atoms with E-state index in [1.807, 2.05) is 48.5 Å². The number of nitrogens with zero attached hydrogens (tertiary/aromatic N) is 2. The molecule has 0 saturated carbocycles. The second kappa shape index (κ2) is 8.56. The maximum Gasteiger partial charge on any atom is 0.303 e. The lowest BCUT2D eigenvalue weighted by Crippen LogP contribution is -2.08. The van der Waals surface area contributed by atoms with Gasteiger partial charge in [-0.05, 0) is 48.4 Å². The van der Waals surface area contributed by atoms with Crippen LogP contribution in [0.15, 0.2) is 82.0 Å². The molecule has 0 saturated heterocycles. The number of aliphatic carboxylic acids is 1. The van der Waals surface area contributed by atoms with Crippen molar-refractivity contribution >= 4 is 39.0 Å². The summed E-state index contributed by atoms with van der Waals surface area (Å²) in [6, 6.07) is 21.3. The van der Waals surface area contributed by atoms with Crippen LogP contribution in [-0.2, 0) is 11.2 Å². The third-order valence-corrected chi connectivity index (χ3v) is 6.93. The number of aryl methyl sites for hydroxylation is 1. The molecule has 0 radical (unpaired) electrons. The fourth-order valence-electron chi connectivity index (χ4n) is 5.07. The van der Waals surface area contributed by atoms with Gasteiger partial charge in [0, 0.05) is 29.5 Å². The number of hydrogen-bond donors (Lipinski definition) is 4. The van der Waals surface area contributed by atoms with Crippen LogP contribution >= 0.6 is 0 Å². The second-order valence-corrected chi connectivity index (χ2v) is 9.39. The number of aromatic hydroxyl groups is 1. The maximum absolute atomic E-state index is 13.1. The van der Waals surface area contributed by atoms with E-state index in [0.29, 0.717) is 50.6 Å². The highest BCUT2D eigenvalue weighted by Crippen LogP contribution is 2.40. The summed E-state index contributed by atoms with van der Waals surface area (Å²) in [4.78, 5) is 40.3. The van der Waals surface area contributed by atoms with Crippen molar-refractivity contribution in [2.24, 2.45) is 0 Å². The zero-order valence-electron chi connectivity index (χ0n) is 20.4. The second-order valence-electron chi connectivity index (χ2n) is 9.39. The van der Waals surface area contributed by atoms with Crippen molar-refractivity contribution in [1.82, 2.24) is 19.9 Å². The van der Waals surface area contributed by atoms with Crippen LogP contribution in [0, 0.1) is 0 Å². The number of nitrogens with one attached hydrogen (secondary N) is 2. The third-order valence-electron chi connectivity index (χ3n) is 6.93. The smallest absolute Gasteiger partial charge is 0.303 e. The predicted molar refractivity (Wildman–Crippen MR) is 147 cm³/mol. The molecule has 5 aromatic rings. The molecule has 1 aliphatic carbocycles. The molecule has 2 aliphatic rings. The van der Waals surface area contributed by atoms with Crippen molar-refractivity contribution in [3.05, 3.63) is 88.6 Å². The number of carbonyl (C=O) groups is 1. The minimum absolute atomic E-state index is 0.0601. The molecule has 9 nitrogen and oxygen atoms in total. The van der Waals surface area contributed by atoms with Crippen molar-refractivity contribution in [3.63, 3.8) is 0 Å². The number of hydrogen-bond acceptors (Lipinski definition) is 6. The average Bonchev–Trinajstić information content (AvgIpc) is 3.54. The molecular formula is C30H20N4O5. The number of carboxylic acid groups (broad SMARTS) is 1. The zero-order valence-corrected chi connectivity index (χ0v) is 20.4. The van der Waals surface area contributed by atoms with E-state index in [0.717, 1.165) is 22.1 Å². The van der Waals surface area contributed by atoms with Crippen molar-refractivity contribution in [2.75, 3.05) is 0 Å². The van der Waals surface area contributed by atoms with Crippen LogP contribution in [0.2, 0.25) is 0 Å². The lowest BCUT2D eigenvalue weighted by atomic mass is 9.93. The highest BCUT2D eigenvalue weighted by molar-refractivity contribution is 5.95. The van der Waals surface area contributed by atoms with E-state index < -0.39 is 5.97 Å². The summed E-state index contributed by atoms with van der Waals surface area (Å²) < 4.78 is 6.09. The van der Waals surface area contributed by atoms with Crippen LogP contribution < -0.4 is 5.43 Å². The van der Waals surface area contributed by atoms with Crippen LogP contribution in [-0.4, -0.2) is 36.1 Å². The molecule has 190 valence electrons. The van der Waals surface area contributed by atoms with Crippen LogP contribution in [0.1, 0.15) is 12.0 Å². The Morgan fingerprint density at radius 1 is 0.821 bits per heavy atom. The Kier molecular flexibility index (Phi) is 4.99. The summed E-state index contributed by atoms with van der Waals surface area (Å²) in [5, 5.41) is 21.0. The number of imidazole rings is 2. The molecule has 0 amide bonds. The molecule has 39 heavy (non-hydrogen) atoms. The number of rotatable bonds is 5. The number of carboxylic acids is 1. The van der Waals surface area contributed by atoms with Gasteiger partial charge >= 0.3 is 5.97 Å². The normalized spacial score (nSPS) is 11.7. The molecule has 2 aromatic heterocycles. The van der Waals surface area contributed by atoms with Gasteiger partial charge in [-0.2, -0.15) is 0 Å². The number of para-hydroxylation sites is 4. The number of aromatic amines is 2. The molecule has 9 heteroatoms. The molecule has 4 N–H and O–H groups in total. The highest BCUT2D eigenvalue weighted by Gasteiger charge is 2.22. The van der Waals surface area contributed by atoms with E-state index in [-0.39, 0.29) is 24.0 Å². The Balaban J connectivity index is 1.49. The molecule has 7 rings (SSSR count). The highest BCUT2D eigenvalue weighted by atomic mass is 16.4. The standard InChI is InChI=1S/C30H20N4O5/c35-24-13-26-16(11-18(24)29-31-20-5-1-2-6-21(20)32-29)15(9-10-28(37)38)17-12-19(25(36)14-27(17)39-26)30-33-22-7-3-4-8-23(22)34-30/h1-8,11-14,35H,9-10H2,(H,31,32)(H,33,34)(H,37,38). The molecular weight excluding hydrogens is 496 g/mol. The van der Waals surface area contributed by atoms with Gasteiger partial charge in [0.25, 0.3) is 0 Å². The Labute approximate surface area is 219 Å². The number of fused-ring (bicyclic) bond motifs is 4. The van der Waals surface area contributed by atoms with E-state index in [9.17, 15) is 19.8 Å². The Bertz CT molecular complexity index is 2040. The number of benzene rings is 4. The summed E-state index contributed by atoms with van der Waals surface area (Å²) in [7, 11) is 0. The number of aromatic nitrogens is 4. The average molecular weight is 517 g/mol. The molecule has 0 fully saturated rings. The van der Waals surface area contributed by atoms with Gasteiger partial charge < -0.3 is 24.6 Å². The van der Waals surface area contributed by atoms with Crippen LogP contribution in [0.3, 0.4) is 0 Å². The van der Waals surface area contributed by atoms with Gasteiger partial charge in [0.2, 0.25) is 0 Å². The first-order valence-corrected chi connectivity index (χ1v) is 12.3.